The van der Waals surface area contributed by atoms with Crippen LogP contribution in [0, 0.1) is 0 Å². The van der Waals surface area contributed by atoms with Crippen molar-refractivity contribution in [2.45, 2.75) is 13.3 Å². The van der Waals surface area contributed by atoms with Gasteiger partial charge in [-0.3, -0.25) is 0 Å². The summed E-state index contributed by atoms with van der Waals surface area (Å²) in [5, 5.41) is 3.94. The molecule has 0 aromatic carbocycles. The van der Waals surface area contributed by atoms with Gasteiger partial charge in [0.1, 0.15) is 12.7 Å². The lowest BCUT2D eigenvalue weighted by Gasteiger charge is -2.03. The summed E-state index contributed by atoms with van der Waals surface area (Å²) < 4.78 is 6.51. The summed E-state index contributed by atoms with van der Waals surface area (Å²) in [6.45, 7) is 2.36. The van der Waals surface area contributed by atoms with Gasteiger partial charge in [0.25, 0.3) is 0 Å². The molecule has 0 amide bonds. The Kier molecular flexibility index (Phi) is 3.44. The van der Waals surface area contributed by atoms with Crippen molar-refractivity contribution in [1.82, 2.24) is 19.7 Å². The molecule has 2 heterocycles. The predicted molar refractivity (Wildman–Crippen MR) is 59.7 cm³/mol. The van der Waals surface area contributed by atoms with E-state index in [9.17, 15) is 4.79 Å². The van der Waals surface area contributed by atoms with E-state index < -0.39 is 0 Å². The normalized spacial score (nSPS) is 10.2. The number of carbonyl (C=O) groups excluding carboxylic acids is 1. The molecule has 6 heteroatoms. The zero-order valence-electron chi connectivity index (χ0n) is 9.41. The van der Waals surface area contributed by atoms with Crippen LogP contribution in [0.4, 0.5) is 0 Å². The van der Waals surface area contributed by atoms with Crippen LogP contribution in [0.3, 0.4) is 0 Å². The molecule has 6 nitrogen and oxygen atoms in total. The van der Waals surface area contributed by atoms with Gasteiger partial charge in [-0.2, -0.15) is 5.10 Å². The van der Waals surface area contributed by atoms with E-state index in [0.29, 0.717) is 18.0 Å². The first-order chi connectivity index (χ1) is 8.31. The van der Waals surface area contributed by atoms with Gasteiger partial charge in [-0.25, -0.2) is 19.4 Å². The van der Waals surface area contributed by atoms with Crippen LogP contribution in [0.25, 0.3) is 5.82 Å². The summed E-state index contributed by atoms with van der Waals surface area (Å²) in [6.07, 6.45) is 5.23. The van der Waals surface area contributed by atoms with Crippen LogP contribution in [0.2, 0.25) is 0 Å². The van der Waals surface area contributed by atoms with E-state index in [1.807, 2.05) is 6.92 Å². The molecular formula is C11H12N4O2. The molecule has 0 saturated carbocycles. The molecule has 0 bridgehead atoms. The molecular weight excluding hydrogens is 220 g/mol. The summed E-state index contributed by atoms with van der Waals surface area (Å²) in [7, 11) is 0. The third-order valence-electron chi connectivity index (χ3n) is 2.07. The van der Waals surface area contributed by atoms with Gasteiger partial charge in [-0.1, -0.05) is 6.92 Å². The van der Waals surface area contributed by atoms with Crippen LogP contribution in [-0.4, -0.2) is 32.3 Å². The van der Waals surface area contributed by atoms with E-state index >= 15 is 0 Å². The second kappa shape index (κ2) is 5.20. The second-order valence-electron chi connectivity index (χ2n) is 3.38. The maximum absolute atomic E-state index is 11.5. The molecule has 0 aliphatic heterocycles. The van der Waals surface area contributed by atoms with Crippen molar-refractivity contribution in [2.24, 2.45) is 0 Å². The zero-order chi connectivity index (χ0) is 12.1. The lowest BCUT2D eigenvalue weighted by molar-refractivity contribution is 0.0504. The molecule has 0 unspecified atom stereocenters. The van der Waals surface area contributed by atoms with Gasteiger partial charge in [0.2, 0.25) is 0 Å². The molecule has 0 radical (unpaired) electrons. The monoisotopic (exact) mass is 232 g/mol. The highest BCUT2D eigenvalue weighted by atomic mass is 16.5. The lowest BCUT2D eigenvalue weighted by Crippen LogP contribution is -2.07. The minimum absolute atomic E-state index is 0.357. The fourth-order valence-electron chi connectivity index (χ4n) is 1.25. The van der Waals surface area contributed by atoms with Gasteiger partial charge in [-0.05, 0) is 18.6 Å². The first kappa shape index (κ1) is 11.3. The number of hydrogen-bond acceptors (Lipinski definition) is 5. The lowest BCUT2D eigenvalue weighted by atomic mass is 10.3. The topological polar surface area (TPSA) is 69.9 Å². The third kappa shape index (κ3) is 2.66. The van der Waals surface area contributed by atoms with E-state index in [1.165, 1.54) is 23.5 Å². The van der Waals surface area contributed by atoms with E-state index in [4.69, 9.17) is 4.74 Å². The number of hydrogen-bond donors (Lipinski definition) is 0. The average molecular weight is 232 g/mol. The number of ether oxygens (including phenoxy) is 1. The summed E-state index contributed by atoms with van der Waals surface area (Å²) in [4.78, 5) is 19.4. The highest BCUT2D eigenvalue weighted by molar-refractivity contribution is 5.89. The molecule has 0 saturated heterocycles. The van der Waals surface area contributed by atoms with Crippen molar-refractivity contribution in [3.05, 3.63) is 36.5 Å². The number of pyridine rings is 1. The van der Waals surface area contributed by atoms with Crippen LogP contribution < -0.4 is 0 Å². The van der Waals surface area contributed by atoms with Crippen LogP contribution >= 0.6 is 0 Å². The van der Waals surface area contributed by atoms with Crippen molar-refractivity contribution >= 4 is 5.97 Å². The minimum Gasteiger partial charge on any atom is -0.462 e. The van der Waals surface area contributed by atoms with Crippen LogP contribution in [0.15, 0.2) is 31.0 Å². The number of esters is 1. The zero-order valence-corrected chi connectivity index (χ0v) is 9.41. The van der Waals surface area contributed by atoms with Gasteiger partial charge < -0.3 is 4.74 Å². The number of aromatic nitrogens is 4. The van der Waals surface area contributed by atoms with E-state index in [0.717, 1.165) is 6.42 Å². The molecule has 0 aliphatic carbocycles. The average Bonchev–Trinajstić information content (AvgIpc) is 2.90. The Morgan fingerprint density at radius 3 is 2.94 bits per heavy atom. The predicted octanol–water partition coefficient (Wildman–Crippen LogP) is 1.23. The molecule has 2 aromatic heterocycles. The molecule has 17 heavy (non-hydrogen) atoms. The smallest absolute Gasteiger partial charge is 0.339 e. The van der Waals surface area contributed by atoms with Crippen molar-refractivity contribution in [2.75, 3.05) is 6.61 Å². The van der Waals surface area contributed by atoms with E-state index in [-0.39, 0.29) is 5.97 Å². The molecule has 2 rings (SSSR count). The van der Waals surface area contributed by atoms with Crippen molar-refractivity contribution in [1.29, 1.82) is 0 Å². The maximum atomic E-state index is 11.5. The molecule has 2 aromatic rings. The Morgan fingerprint density at radius 2 is 2.35 bits per heavy atom. The molecule has 0 spiro atoms. The summed E-state index contributed by atoms with van der Waals surface area (Å²) >= 11 is 0. The van der Waals surface area contributed by atoms with Crippen molar-refractivity contribution in [3.63, 3.8) is 0 Å². The highest BCUT2D eigenvalue weighted by Crippen LogP contribution is 2.05. The molecule has 0 atom stereocenters. The minimum atomic E-state index is -0.357. The second-order valence-corrected chi connectivity index (χ2v) is 3.38. The molecule has 0 fully saturated rings. The fourth-order valence-corrected chi connectivity index (χ4v) is 1.25. The van der Waals surface area contributed by atoms with E-state index in [1.54, 1.807) is 12.1 Å². The molecule has 0 N–H and O–H groups in total. The Balaban J connectivity index is 2.10. The fraction of sp³-hybridized carbons (Fsp3) is 0.273. The number of carbonyl (C=O) groups is 1. The largest absolute Gasteiger partial charge is 0.462 e. The van der Waals surface area contributed by atoms with Crippen LogP contribution in [0.5, 0.6) is 0 Å². The van der Waals surface area contributed by atoms with Gasteiger partial charge in [0.15, 0.2) is 5.82 Å². The Labute approximate surface area is 98.3 Å². The Bertz CT molecular complexity index is 479. The summed E-state index contributed by atoms with van der Waals surface area (Å²) in [6, 6.07) is 3.35. The Morgan fingerprint density at radius 1 is 1.47 bits per heavy atom. The van der Waals surface area contributed by atoms with Gasteiger partial charge in [0, 0.05) is 6.20 Å². The molecule has 0 aliphatic rings. The molecule has 88 valence electrons. The van der Waals surface area contributed by atoms with Gasteiger partial charge >= 0.3 is 5.97 Å². The first-order valence-corrected chi connectivity index (χ1v) is 5.29. The number of rotatable bonds is 4. The van der Waals surface area contributed by atoms with Crippen LogP contribution in [-0.2, 0) is 4.74 Å². The third-order valence-corrected chi connectivity index (χ3v) is 2.07. The van der Waals surface area contributed by atoms with Crippen molar-refractivity contribution < 1.29 is 9.53 Å². The van der Waals surface area contributed by atoms with Crippen LogP contribution in [0.1, 0.15) is 23.7 Å². The SMILES string of the molecule is CCCOC(=O)c1ccc(-n2cncn2)nc1. The maximum Gasteiger partial charge on any atom is 0.339 e. The summed E-state index contributed by atoms with van der Waals surface area (Å²) in [5.41, 5.74) is 0.433. The van der Waals surface area contributed by atoms with E-state index in [2.05, 4.69) is 15.1 Å². The summed E-state index contributed by atoms with van der Waals surface area (Å²) in [5.74, 6) is 0.249. The highest BCUT2D eigenvalue weighted by Gasteiger charge is 2.07. The van der Waals surface area contributed by atoms with Crippen molar-refractivity contribution in [3.8, 4) is 5.82 Å². The standard InChI is InChI=1S/C11H12N4O2/c1-2-5-17-11(16)9-3-4-10(13-6-9)15-8-12-7-14-15/h3-4,6-8H,2,5H2,1H3. The number of nitrogens with zero attached hydrogens (tertiary/aromatic N) is 4. The Hall–Kier alpha value is -2.24. The first-order valence-electron chi connectivity index (χ1n) is 5.29. The van der Waals surface area contributed by atoms with Gasteiger partial charge in [-0.15, -0.1) is 0 Å². The quantitative estimate of drug-likeness (QED) is 0.741. The van der Waals surface area contributed by atoms with Gasteiger partial charge in [0.05, 0.1) is 12.2 Å².